The fraction of sp³-hybridized carbons (Fsp3) is 0.600. The van der Waals surface area contributed by atoms with Crippen LogP contribution in [0.3, 0.4) is 0 Å². The number of hydrogen-bond donors (Lipinski definition) is 2. The Kier molecular flexibility index (Phi) is 11.7. The molecule has 9 heteroatoms. The summed E-state index contributed by atoms with van der Waals surface area (Å²) in [5.41, 5.74) is -0.442. The molecule has 1 aromatic carbocycles. The molecule has 0 aromatic heterocycles. The molecule has 34 heavy (non-hydrogen) atoms. The lowest BCUT2D eigenvalue weighted by Gasteiger charge is -2.29. The highest BCUT2D eigenvalue weighted by Gasteiger charge is 2.34. The molecule has 0 radical (unpaired) electrons. The van der Waals surface area contributed by atoms with Crippen molar-refractivity contribution in [3.63, 3.8) is 0 Å². The molecular weight excluding hydrogens is 443 g/mol. The zero-order valence-electron chi connectivity index (χ0n) is 20.9. The van der Waals surface area contributed by atoms with E-state index in [0.717, 1.165) is 0 Å². The molecule has 1 rings (SSSR count). The van der Waals surface area contributed by atoms with Gasteiger partial charge in [-0.3, -0.25) is 14.4 Å². The van der Waals surface area contributed by atoms with Gasteiger partial charge in [-0.25, -0.2) is 9.18 Å². The molecule has 0 unspecified atom stereocenters. The van der Waals surface area contributed by atoms with Crippen LogP contribution in [-0.4, -0.2) is 49.1 Å². The maximum absolute atomic E-state index is 13.3. The van der Waals surface area contributed by atoms with Crippen LogP contribution in [0.15, 0.2) is 24.3 Å². The van der Waals surface area contributed by atoms with Gasteiger partial charge < -0.3 is 20.1 Å². The Hall–Kier alpha value is -2.97. The van der Waals surface area contributed by atoms with Gasteiger partial charge >= 0.3 is 11.9 Å². The molecule has 0 saturated heterocycles. The maximum atomic E-state index is 13.3. The van der Waals surface area contributed by atoms with E-state index in [4.69, 9.17) is 9.47 Å². The van der Waals surface area contributed by atoms with Crippen LogP contribution in [0.4, 0.5) is 4.39 Å². The van der Waals surface area contributed by atoms with E-state index in [1.54, 1.807) is 27.7 Å². The lowest BCUT2D eigenvalue weighted by atomic mass is 9.83. The number of carbonyl (C=O) groups is 4. The van der Waals surface area contributed by atoms with Crippen molar-refractivity contribution in [2.24, 2.45) is 5.92 Å². The van der Waals surface area contributed by atoms with E-state index in [9.17, 15) is 23.6 Å². The van der Waals surface area contributed by atoms with Crippen molar-refractivity contribution in [1.82, 2.24) is 10.6 Å². The lowest BCUT2D eigenvalue weighted by Crippen LogP contribution is -2.55. The van der Waals surface area contributed by atoms with Crippen LogP contribution in [-0.2, 0) is 34.1 Å². The molecular formula is C25H37FN2O6. The second kappa shape index (κ2) is 13.7. The summed E-state index contributed by atoms with van der Waals surface area (Å²) in [6.07, 6.45) is 0.258. The van der Waals surface area contributed by atoms with Crippen molar-refractivity contribution < 1.29 is 33.0 Å². The summed E-state index contributed by atoms with van der Waals surface area (Å²) in [7, 11) is 0. The normalized spacial score (nSPS) is 13.1. The summed E-state index contributed by atoms with van der Waals surface area (Å²) in [6.45, 7) is 10.8. The van der Waals surface area contributed by atoms with Gasteiger partial charge in [-0.1, -0.05) is 26.0 Å². The highest BCUT2D eigenvalue weighted by molar-refractivity contribution is 5.94. The number of ether oxygens (including phenoxy) is 2. The molecule has 1 aromatic rings. The number of benzene rings is 1. The largest absolute Gasteiger partial charge is 0.466 e. The predicted octanol–water partition coefficient (Wildman–Crippen LogP) is 3.03. The summed E-state index contributed by atoms with van der Waals surface area (Å²) in [5.74, 6) is -2.48. The van der Waals surface area contributed by atoms with Crippen molar-refractivity contribution >= 4 is 23.8 Å². The van der Waals surface area contributed by atoms with Gasteiger partial charge in [-0.15, -0.1) is 0 Å². The zero-order valence-corrected chi connectivity index (χ0v) is 20.9. The van der Waals surface area contributed by atoms with Gasteiger partial charge in [0.1, 0.15) is 17.9 Å². The van der Waals surface area contributed by atoms with Crippen LogP contribution >= 0.6 is 0 Å². The number of esters is 2. The highest BCUT2D eigenvalue weighted by atomic mass is 19.1. The van der Waals surface area contributed by atoms with Crippen molar-refractivity contribution in [2.75, 3.05) is 13.2 Å². The SMILES string of the molecule is CCOC(=O)CC[C@@H](NC(=O)[C@H](CC(C)C)NC(=O)C(C)(C)c1ccc(F)cc1)C(=O)OCC. The Balaban J connectivity index is 3.01. The minimum atomic E-state index is -1.06. The monoisotopic (exact) mass is 480 g/mol. The Bertz CT molecular complexity index is 838. The highest BCUT2D eigenvalue weighted by Crippen LogP contribution is 2.24. The van der Waals surface area contributed by atoms with Crippen molar-refractivity contribution in [3.8, 4) is 0 Å². The molecule has 0 bridgehead atoms. The van der Waals surface area contributed by atoms with Crippen LogP contribution in [0.25, 0.3) is 0 Å². The molecule has 0 aliphatic heterocycles. The first-order valence-electron chi connectivity index (χ1n) is 11.6. The number of halogens is 1. The fourth-order valence-electron chi connectivity index (χ4n) is 3.30. The molecule has 8 nitrogen and oxygen atoms in total. The number of hydrogen-bond acceptors (Lipinski definition) is 6. The molecule has 0 spiro atoms. The van der Waals surface area contributed by atoms with Crippen LogP contribution in [0.1, 0.15) is 66.4 Å². The van der Waals surface area contributed by atoms with Crippen LogP contribution in [0.5, 0.6) is 0 Å². The van der Waals surface area contributed by atoms with Crippen LogP contribution < -0.4 is 10.6 Å². The van der Waals surface area contributed by atoms with Crippen molar-refractivity contribution in [1.29, 1.82) is 0 Å². The maximum Gasteiger partial charge on any atom is 0.328 e. The Morgan fingerprint density at radius 3 is 2.06 bits per heavy atom. The van der Waals surface area contributed by atoms with Gasteiger partial charge in [0.05, 0.1) is 18.6 Å². The smallest absolute Gasteiger partial charge is 0.328 e. The Morgan fingerprint density at radius 1 is 0.941 bits per heavy atom. The third-order valence-corrected chi connectivity index (χ3v) is 5.29. The Labute approximate surface area is 201 Å². The van der Waals surface area contributed by atoms with E-state index in [1.165, 1.54) is 24.3 Å². The molecule has 2 N–H and O–H groups in total. The molecule has 2 amide bonds. The van der Waals surface area contributed by atoms with E-state index in [0.29, 0.717) is 12.0 Å². The molecule has 0 aliphatic carbocycles. The standard InChI is InChI=1S/C25H37FN2O6/c1-7-33-21(29)14-13-19(23(31)34-8-2)27-22(30)20(15-16(3)4)28-24(32)25(5,6)17-9-11-18(26)12-10-17/h9-12,16,19-20H,7-8,13-15H2,1-6H3,(H,27,30)(H,28,32)/t19-,20+/m1/s1. The first kappa shape index (κ1) is 29.1. The van der Waals surface area contributed by atoms with E-state index in [1.807, 2.05) is 13.8 Å². The minimum Gasteiger partial charge on any atom is -0.466 e. The lowest BCUT2D eigenvalue weighted by molar-refractivity contribution is -0.149. The fourth-order valence-corrected chi connectivity index (χ4v) is 3.30. The number of carbonyl (C=O) groups excluding carboxylic acids is 4. The van der Waals surface area contributed by atoms with Crippen molar-refractivity contribution in [2.45, 2.75) is 78.3 Å². The summed E-state index contributed by atoms with van der Waals surface area (Å²) >= 11 is 0. The van der Waals surface area contributed by atoms with Gasteiger partial charge in [0.2, 0.25) is 11.8 Å². The number of amides is 2. The van der Waals surface area contributed by atoms with Crippen molar-refractivity contribution in [3.05, 3.63) is 35.6 Å². The van der Waals surface area contributed by atoms with E-state index >= 15 is 0 Å². The van der Waals surface area contributed by atoms with E-state index in [2.05, 4.69) is 10.6 Å². The second-order valence-electron chi connectivity index (χ2n) is 8.94. The predicted molar refractivity (Wildman–Crippen MR) is 125 cm³/mol. The third-order valence-electron chi connectivity index (χ3n) is 5.29. The van der Waals surface area contributed by atoms with E-state index < -0.39 is 47.1 Å². The van der Waals surface area contributed by atoms with Gasteiger partial charge in [0.25, 0.3) is 0 Å². The zero-order chi connectivity index (χ0) is 25.9. The molecule has 190 valence electrons. The van der Waals surface area contributed by atoms with E-state index in [-0.39, 0.29) is 32.0 Å². The number of nitrogens with one attached hydrogen (secondary N) is 2. The first-order valence-corrected chi connectivity index (χ1v) is 11.6. The quantitative estimate of drug-likeness (QED) is 0.420. The van der Waals surface area contributed by atoms with Gasteiger partial charge in [-0.05, 0) is 64.2 Å². The van der Waals surface area contributed by atoms with Gasteiger partial charge in [0, 0.05) is 6.42 Å². The minimum absolute atomic E-state index is 0.00677. The van der Waals surface area contributed by atoms with Gasteiger partial charge in [0.15, 0.2) is 0 Å². The van der Waals surface area contributed by atoms with Gasteiger partial charge in [-0.2, -0.15) is 0 Å². The average Bonchev–Trinajstić information content (AvgIpc) is 2.76. The molecule has 2 atom stereocenters. The molecule has 0 saturated carbocycles. The summed E-state index contributed by atoms with van der Waals surface area (Å²) < 4.78 is 23.2. The van der Waals surface area contributed by atoms with Crippen LogP contribution in [0, 0.1) is 11.7 Å². The molecule has 0 fully saturated rings. The molecule has 0 heterocycles. The summed E-state index contributed by atoms with van der Waals surface area (Å²) in [5, 5.41) is 5.40. The molecule has 0 aliphatic rings. The number of rotatable bonds is 13. The first-order chi connectivity index (χ1) is 15.9. The van der Waals surface area contributed by atoms with Crippen LogP contribution in [0.2, 0.25) is 0 Å². The topological polar surface area (TPSA) is 111 Å². The Morgan fingerprint density at radius 2 is 1.53 bits per heavy atom. The second-order valence-corrected chi connectivity index (χ2v) is 8.94. The summed E-state index contributed by atoms with van der Waals surface area (Å²) in [6, 6.07) is 3.61. The average molecular weight is 481 g/mol. The third kappa shape index (κ3) is 9.11. The summed E-state index contributed by atoms with van der Waals surface area (Å²) in [4.78, 5) is 50.3.